The fourth-order valence-electron chi connectivity index (χ4n) is 2.61. The van der Waals surface area contributed by atoms with Crippen molar-refractivity contribution in [1.82, 2.24) is 0 Å². The summed E-state index contributed by atoms with van der Waals surface area (Å²) in [5.41, 5.74) is 0. The molecule has 2 unspecified atom stereocenters. The molecule has 0 spiro atoms. The molecule has 0 N–H and O–H groups in total. The molecule has 3 fully saturated rings. The van der Waals surface area contributed by atoms with Gasteiger partial charge in [-0.2, -0.15) is 0 Å². The molecule has 91 valence electrons. The van der Waals surface area contributed by atoms with Crippen LogP contribution in [0.1, 0.15) is 68.2 Å². The van der Waals surface area contributed by atoms with Crippen molar-refractivity contribution in [3.63, 3.8) is 0 Å². The van der Waals surface area contributed by atoms with Crippen LogP contribution in [0.5, 0.6) is 0 Å². The Labute approximate surface area is 124 Å². The Hall–Kier alpha value is 1.10. The molecule has 15 heavy (non-hydrogen) atoms. The number of fused-ring (bicyclic) bond motifs is 2. The van der Waals surface area contributed by atoms with Crippen LogP contribution in [0.15, 0.2) is 0 Å². The fourth-order valence-corrected chi connectivity index (χ4v) is 2.61. The van der Waals surface area contributed by atoms with Crippen molar-refractivity contribution in [2.45, 2.75) is 68.2 Å². The minimum atomic E-state index is 0. The Morgan fingerprint density at radius 3 is 1.40 bits per heavy atom. The average Bonchev–Trinajstić information content (AvgIpc) is 2.14. The molecule has 0 heterocycles. The summed E-state index contributed by atoms with van der Waals surface area (Å²) in [7, 11) is 0. The maximum Gasteiger partial charge on any atom is 0 e. The Morgan fingerprint density at radius 2 is 1.20 bits per heavy atom. The van der Waals surface area contributed by atoms with Crippen molar-refractivity contribution >= 4 is 0 Å². The third kappa shape index (κ3) is 5.82. The van der Waals surface area contributed by atoms with E-state index in [1.807, 2.05) is 27.7 Å². The first-order chi connectivity index (χ1) is 6.27. The average molecular weight is 289 g/mol. The Bertz CT molecular complexity index is 115. The first kappa shape index (κ1) is 21.4. The van der Waals surface area contributed by atoms with Crippen LogP contribution in [0, 0.1) is 23.7 Å². The Morgan fingerprint density at radius 1 is 0.800 bits per heavy atom. The van der Waals surface area contributed by atoms with Gasteiger partial charge in [-0.15, -0.1) is 0 Å². The molecule has 3 rings (SSSR count). The summed E-state index contributed by atoms with van der Waals surface area (Å²) in [5.74, 6) is 4.33. The number of hydrogen-bond acceptors (Lipinski definition) is 0. The molecule has 0 aliphatic heterocycles. The second-order valence-corrected chi connectivity index (χ2v) is 4.17. The molecule has 0 amide bonds. The minimum Gasteiger partial charge on any atom is -0.0776 e. The SMILES string of the molecule is C.CC.CC.CC1CC2CC(C2)C1C.[Y]. The van der Waals surface area contributed by atoms with Crippen molar-refractivity contribution < 1.29 is 32.7 Å². The molecule has 0 aromatic carbocycles. The summed E-state index contributed by atoms with van der Waals surface area (Å²) in [6.45, 7) is 12.9. The fraction of sp³-hybridized carbons (Fsp3) is 1.00. The van der Waals surface area contributed by atoms with Crippen molar-refractivity contribution in [3.05, 3.63) is 0 Å². The van der Waals surface area contributed by atoms with Crippen molar-refractivity contribution in [3.8, 4) is 0 Å². The van der Waals surface area contributed by atoms with Crippen LogP contribution in [-0.2, 0) is 32.7 Å². The van der Waals surface area contributed by atoms with Gasteiger partial charge >= 0.3 is 0 Å². The van der Waals surface area contributed by atoms with Crippen LogP contribution in [0.2, 0.25) is 0 Å². The van der Waals surface area contributed by atoms with Gasteiger partial charge in [-0.05, 0) is 42.9 Å². The van der Waals surface area contributed by atoms with E-state index in [0.717, 1.165) is 23.7 Å². The molecule has 0 aromatic heterocycles. The molecule has 2 atom stereocenters. The molecule has 3 aliphatic carbocycles. The summed E-state index contributed by atoms with van der Waals surface area (Å²) in [6, 6.07) is 0. The van der Waals surface area contributed by atoms with E-state index >= 15 is 0 Å². The molecule has 3 aliphatic rings. The molecule has 0 aromatic rings. The molecule has 1 heteroatoms. The van der Waals surface area contributed by atoms with Gasteiger partial charge in [-0.3, -0.25) is 0 Å². The third-order valence-electron chi connectivity index (χ3n) is 3.62. The monoisotopic (exact) mass is 289 g/mol. The second-order valence-electron chi connectivity index (χ2n) is 4.17. The van der Waals surface area contributed by atoms with E-state index in [1.165, 1.54) is 6.42 Å². The van der Waals surface area contributed by atoms with Crippen LogP contribution in [-0.4, -0.2) is 0 Å². The zero-order chi connectivity index (χ0) is 10.4. The summed E-state index contributed by atoms with van der Waals surface area (Å²) in [5, 5.41) is 0. The summed E-state index contributed by atoms with van der Waals surface area (Å²) in [6.07, 6.45) is 4.65. The predicted molar refractivity (Wildman–Crippen MR) is 68.6 cm³/mol. The molecule has 3 saturated carbocycles. The van der Waals surface area contributed by atoms with E-state index in [0.29, 0.717) is 0 Å². The Balaban J connectivity index is -0.000000218. The number of hydrogen-bond donors (Lipinski definition) is 0. The van der Waals surface area contributed by atoms with Gasteiger partial charge in [0.25, 0.3) is 0 Å². The topological polar surface area (TPSA) is 0 Å². The summed E-state index contributed by atoms with van der Waals surface area (Å²) in [4.78, 5) is 0. The van der Waals surface area contributed by atoms with Gasteiger partial charge < -0.3 is 0 Å². The number of rotatable bonds is 0. The zero-order valence-corrected chi connectivity index (χ0v) is 13.8. The smallest absolute Gasteiger partial charge is 0 e. The van der Waals surface area contributed by atoms with Gasteiger partial charge in [-0.1, -0.05) is 49.0 Å². The quantitative estimate of drug-likeness (QED) is 0.562. The minimum absolute atomic E-state index is 0. The van der Waals surface area contributed by atoms with Crippen LogP contribution in [0.25, 0.3) is 0 Å². The molecular weight excluding hydrogens is 257 g/mol. The van der Waals surface area contributed by atoms with Crippen molar-refractivity contribution in [2.24, 2.45) is 23.7 Å². The molecule has 0 nitrogen and oxygen atoms in total. The molecular formula is C14H32Y. The van der Waals surface area contributed by atoms with Crippen molar-refractivity contribution in [2.75, 3.05) is 0 Å². The predicted octanol–water partition coefficient (Wildman–Crippen LogP) is 5.37. The van der Waals surface area contributed by atoms with E-state index in [2.05, 4.69) is 13.8 Å². The standard InChI is InChI=1S/C9H16.2C2H6.CH4.Y/c1-6-3-8-4-9(5-8)7(6)2;2*1-2;;/h6-9H,3-5H2,1-2H3;2*1-2H3;1H4;. The van der Waals surface area contributed by atoms with Crippen LogP contribution in [0.4, 0.5) is 0 Å². The normalized spacial score (nSPS) is 34.8. The van der Waals surface area contributed by atoms with Gasteiger partial charge in [0.15, 0.2) is 0 Å². The molecule has 0 saturated heterocycles. The van der Waals surface area contributed by atoms with Crippen molar-refractivity contribution in [1.29, 1.82) is 0 Å². The molecule has 1 radical (unpaired) electrons. The maximum absolute atomic E-state index is 2.44. The third-order valence-corrected chi connectivity index (χ3v) is 3.62. The van der Waals surface area contributed by atoms with Gasteiger partial charge in [0.05, 0.1) is 0 Å². The first-order valence-electron chi connectivity index (χ1n) is 6.27. The van der Waals surface area contributed by atoms with E-state index in [9.17, 15) is 0 Å². The first-order valence-corrected chi connectivity index (χ1v) is 6.27. The van der Waals surface area contributed by atoms with Crippen LogP contribution >= 0.6 is 0 Å². The van der Waals surface area contributed by atoms with Crippen LogP contribution < -0.4 is 0 Å². The van der Waals surface area contributed by atoms with E-state index in [4.69, 9.17) is 0 Å². The van der Waals surface area contributed by atoms with Gasteiger partial charge in [0.2, 0.25) is 0 Å². The van der Waals surface area contributed by atoms with E-state index in [1.54, 1.807) is 12.8 Å². The van der Waals surface area contributed by atoms with Gasteiger partial charge in [0.1, 0.15) is 0 Å². The van der Waals surface area contributed by atoms with Crippen LogP contribution in [0.3, 0.4) is 0 Å². The summed E-state index contributed by atoms with van der Waals surface area (Å²) >= 11 is 0. The zero-order valence-electron chi connectivity index (χ0n) is 11.0. The maximum atomic E-state index is 2.44. The molecule has 2 bridgehead atoms. The Kier molecular flexibility index (Phi) is 16.5. The largest absolute Gasteiger partial charge is 0.0776 e. The van der Waals surface area contributed by atoms with E-state index in [-0.39, 0.29) is 40.1 Å². The second kappa shape index (κ2) is 11.6. The van der Waals surface area contributed by atoms with Gasteiger partial charge in [-0.25, -0.2) is 0 Å². The summed E-state index contributed by atoms with van der Waals surface area (Å²) < 4.78 is 0. The van der Waals surface area contributed by atoms with Gasteiger partial charge in [0, 0.05) is 32.7 Å². The van der Waals surface area contributed by atoms with E-state index < -0.39 is 0 Å².